The standard InChI is InChI=1S/C17H21NO6/c1-21-15(19)14-12-24-17(7-9-22-10-8-17)18(14)16(20)23-11-13-5-3-2-4-6-13/h2-6,14H,7-12H2,1H3. The Morgan fingerprint density at radius 3 is 2.62 bits per heavy atom. The number of hydrogen-bond acceptors (Lipinski definition) is 6. The Hall–Kier alpha value is -2.12. The molecule has 1 amide bonds. The summed E-state index contributed by atoms with van der Waals surface area (Å²) in [7, 11) is 1.30. The Balaban J connectivity index is 1.76. The van der Waals surface area contributed by atoms with E-state index in [1.807, 2.05) is 30.3 Å². The predicted molar refractivity (Wildman–Crippen MR) is 83.0 cm³/mol. The molecule has 2 saturated heterocycles. The highest BCUT2D eigenvalue weighted by molar-refractivity contribution is 5.82. The average molecular weight is 335 g/mol. The van der Waals surface area contributed by atoms with Crippen LogP contribution in [0.5, 0.6) is 0 Å². The number of nitrogens with zero attached hydrogens (tertiary/aromatic N) is 1. The fourth-order valence-corrected chi connectivity index (χ4v) is 3.13. The largest absolute Gasteiger partial charge is 0.467 e. The van der Waals surface area contributed by atoms with Crippen molar-refractivity contribution in [2.75, 3.05) is 26.9 Å². The highest BCUT2D eigenvalue weighted by Crippen LogP contribution is 2.37. The van der Waals surface area contributed by atoms with Gasteiger partial charge in [0.15, 0.2) is 11.8 Å². The van der Waals surface area contributed by atoms with Crippen molar-refractivity contribution < 1.29 is 28.5 Å². The summed E-state index contributed by atoms with van der Waals surface area (Å²) < 4.78 is 21.4. The predicted octanol–water partition coefficient (Wildman–Crippen LogP) is 1.70. The average Bonchev–Trinajstić information content (AvgIpc) is 2.99. The van der Waals surface area contributed by atoms with Gasteiger partial charge in [-0.25, -0.2) is 9.59 Å². The highest BCUT2D eigenvalue weighted by Gasteiger charge is 2.54. The lowest BCUT2D eigenvalue weighted by molar-refractivity contribution is -0.152. The minimum absolute atomic E-state index is 0.104. The maximum Gasteiger partial charge on any atom is 0.413 e. The lowest BCUT2D eigenvalue weighted by Gasteiger charge is -2.40. The van der Waals surface area contributed by atoms with Crippen molar-refractivity contribution in [1.29, 1.82) is 0 Å². The fourth-order valence-electron chi connectivity index (χ4n) is 3.13. The molecule has 0 aromatic heterocycles. The number of amides is 1. The Kier molecular flexibility index (Phi) is 5.01. The zero-order valence-corrected chi connectivity index (χ0v) is 13.6. The first-order chi connectivity index (χ1) is 11.7. The molecule has 1 aromatic rings. The molecule has 0 saturated carbocycles. The molecule has 0 aliphatic carbocycles. The van der Waals surface area contributed by atoms with Crippen LogP contribution in [0.2, 0.25) is 0 Å². The van der Waals surface area contributed by atoms with Gasteiger partial charge in [0.1, 0.15) is 6.61 Å². The summed E-state index contributed by atoms with van der Waals surface area (Å²) in [6, 6.07) is 8.59. The Morgan fingerprint density at radius 1 is 1.25 bits per heavy atom. The van der Waals surface area contributed by atoms with E-state index < -0.39 is 23.8 Å². The third kappa shape index (κ3) is 3.22. The van der Waals surface area contributed by atoms with Gasteiger partial charge in [-0.05, 0) is 5.56 Å². The summed E-state index contributed by atoms with van der Waals surface area (Å²) in [4.78, 5) is 26.1. The molecule has 2 fully saturated rings. The van der Waals surface area contributed by atoms with Crippen molar-refractivity contribution in [3.05, 3.63) is 35.9 Å². The first kappa shape index (κ1) is 16.7. The number of rotatable bonds is 3. The lowest BCUT2D eigenvalue weighted by atomic mass is 10.0. The van der Waals surface area contributed by atoms with Crippen molar-refractivity contribution in [3.8, 4) is 0 Å². The van der Waals surface area contributed by atoms with E-state index in [0.717, 1.165) is 5.56 Å². The normalized spacial score (nSPS) is 22.4. The van der Waals surface area contributed by atoms with Crippen LogP contribution >= 0.6 is 0 Å². The molecule has 1 atom stereocenters. The molecular weight excluding hydrogens is 314 g/mol. The molecule has 2 aliphatic heterocycles. The summed E-state index contributed by atoms with van der Waals surface area (Å²) in [5.41, 5.74) is 0.0202. The van der Waals surface area contributed by atoms with Crippen LogP contribution in [0, 0.1) is 0 Å². The second kappa shape index (κ2) is 7.19. The van der Waals surface area contributed by atoms with Gasteiger partial charge in [-0.3, -0.25) is 4.90 Å². The van der Waals surface area contributed by atoms with Crippen molar-refractivity contribution in [2.45, 2.75) is 31.2 Å². The second-order valence-electron chi connectivity index (χ2n) is 5.82. The number of carbonyl (C=O) groups excluding carboxylic acids is 2. The van der Waals surface area contributed by atoms with Crippen molar-refractivity contribution in [3.63, 3.8) is 0 Å². The van der Waals surface area contributed by atoms with Gasteiger partial charge in [0.05, 0.1) is 26.9 Å². The first-order valence-corrected chi connectivity index (χ1v) is 7.96. The summed E-state index contributed by atoms with van der Waals surface area (Å²) >= 11 is 0. The van der Waals surface area contributed by atoms with E-state index in [9.17, 15) is 9.59 Å². The van der Waals surface area contributed by atoms with Gasteiger partial charge < -0.3 is 18.9 Å². The van der Waals surface area contributed by atoms with E-state index in [1.54, 1.807) is 0 Å². The monoisotopic (exact) mass is 335 g/mol. The van der Waals surface area contributed by atoms with Gasteiger partial charge in [-0.1, -0.05) is 30.3 Å². The van der Waals surface area contributed by atoms with Crippen LogP contribution in [0.15, 0.2) is 30.3 Å². The molecule has 7 heteroatoms. The van der Waals surface area contributed by atoms with E-state index in [2.05, 4.69) is 0 Å². The number of benzene rings is 1. The zero-order valence-electron chi connectivity index (χ0n) is 13.6. The Morgan fingerprint density at radius 2 is 1.96 bits per heavy atom. The Labute approximate surface area is 140 Å². The maximum atomic E-state index is 12.7. The third-order valence-electron chi connectivity index (χ3n) is 4.41. The molecule has 0 N–H and O–H groups in total. The van der Waals surface area contributed by atoms with Gasteiger partial charge in [-0.15, -0.1) is 0 Å². The van der Waals surface area contributed by atoms with Crippen LogP contribution in [-0.2, 0) is 30.3 Å². The zero-order chi connectivity index (χ0) is 17.0. The summed E-state index contributed by atoms with van der Waals surface area (Å²) in [5, 5.41) is 0. The smallest absolute Gasteiger partial charge is 0.413 e. The summed E-state index contributed by atoms with van der Waals surface area (Å²) in [6.45, 7) is 1.18. The Bertz CT molecular complexity index is 584. The van der Waals surface area contributed by atoms with Crippen LogP contribution in [0.25, 0.3) is 0 Å². The molecule has 2 heterocycles. The minimum atomic E-state index is -0.856. The van der Waals surface area contributed by atoms with Gasteiger partial charge in [0, 0.05) is 12.8 Å². The van der Waals surface area contributed by atoms with Crippen LogP contribution in [0.1, 0.15) is 18.4 Å². The maximum absolute atomic E-state index is 12.7. The quantitative estimate of drug-likeness (QED) is 0.783. The van der Waals surface area contributed by atoms with E-state index in [-0.39, 0.29) is 13.2 Å². The molecule has 130 valence electrons. The van der Waals surface area contributed by atoms with Gasteiger partial charge in [0.2, 0.25) is 0 Å². The van der Waals surface area contributed by atoms with Crippen molar-refractivity contribution in [2.24, 2.45) is 0 Å². The molecule has 7 nitrogen and oxygen atoms in total. The van der Waals surface area contributed by atoms with Crippen LogP contribution < -0.4 is 0 Å². The highest BCUT2D eigenvalue weighted by atomic mass is 16.6. The van der Waals surface area contributed by atoms with Gasteiger partial charge >= 0.3 is 12.1 Å². The molecule has 1 aromatic carbocycles. The number of methoxy groups -OCH3 is 1. The van der Waals surface area contributed by atoms with Crippen molar-refractivity contribution in [1.82, 2.24) is 4.90 Å². The van der Waals surface area contributed by atoms with E-state index in [1.165, 1.54) is 12.0 Å². The molecule has 0 bridgehead atoms. The lowest BCUT2D eigenvalue weighted by Crippen LogP contribution is -2.56. The topological polar surface area (TPSA) is 74.3 Å². The van der Waals surface area contributed by atoms with E-state index >= 15 is 0 Å². The SMILES string of the molecule is COC(=O)C1COC2(CCOCC2)N1C(=O)OCc1ccccc1. The third-order valence-corrected chi connectivity index (χ3v) is 4.41. The number of carbonyl (C=O) groups is 2. The fraction of sp³-hybridized carbons (Fsp3) is 0.529. The first-order valence-electron chi connectivity index (χ1n) is 7.96. The number of esters is 1. The molecule has 0 radical (unpaired) electrons. The number of ether oxygens (including phenoxy) is 4. The molecule has 1 spiro atoms. The molecule has 1 unspecified atom stereocenters. The van der Waals surface area contributed by atoms with Gasteiger partial charge in [-0.2, -0.15) is 0 Å². The summed E-state index contributed by atoms with van der Waals surface area (Å²) in [5.74, 6) is -0.505. The van der Waals surface area contributed by atoms with Crippen molar-refractivity contribution >= 4 is 12.1 Å². The molecule has 24 heavy (non-hydrogen) atoms. The molecule has 3 rings (SSSR count). The number of hydrogen-bond donors (Lipinski definition) is 0. The minimum Gasteiger partial charge on any atom is -0.467 e. The summed E-state index contributed by atoms with van der Waals surface area (Å²) in [6.07, 6.45) is 0.427. The van der Waals surface area contributed by atoms with Crippen LogP contribution in [0.3, 0.4) is 0 Å². The van der Waals surface area contributed by atoms with E-state index in [0.29, 0.717) is 26.1 Å². The van der Waals surface area contributed by atoms with Crippen LogP contribution in [-0.4, -0.2) is 55.7 Å². The molecular formula is C17H21NO6. The molecule has 2 aliphatic rings. The van der Waals surface area contributed by atoms with Crippen LogP contribution in [0.4, 0.5) is 4.79 Å². The van der Waals surface area contributed by atoms with E-state index in [4.69, 9.17) is 18.9 Å². The second-order valence-corrected chi connectivity index (χ2v) is 5.82. The van der Waals surface area contributed by atoms with Gasteiger partial charge in [0.25, 0.3) is 0 Å².